The molecule has 7 heteroatoms. The number of benzene rings is 2. The summed E-state index contributed by atoms with van der Waals surface area (Å²) in [5, 5.41) is 31.0. The second-order valence-corrected chi connectivity index (χ2v) is 8.65. The van der Waals surface area contributed by atoms with E-state index in [0.29, 0.717) is 18.1 Å². The van der Waals surface area contributed by atoms with Gasteiger partial charge < -0.3 is 24.8 Å². The van der Waals surface area contributed by atoms with Crippen LogP contribution >= 0.6 is 34.2 Å². The van der Waals surface area contributed by atoms with Crippen LogP contribution in [0.15, 0.2) is 42.5 Å². The standard InChI is InChI=1S/C21H24ClIO5/c1-2-27-15-6-3-12(4-7-15)9-14-10-13(5-8-16(14)22)21-20(26)19(25)18(23)17(11-24)28-21/h3-8,10,17-21,24-26H,2,9,11H2,1H3/t17-,18-,19+,20-,21+/m1/s1. The zero-order chi connectivity index (χ0) is 20.3. The minimum atomic E-state index is -1.08. The maximum atomic E-state index is 10.5. The van der Waals surface area contributed by atoms with Crippen LogP contribution in [0.1, 0.15) is 29.7 Å². The smallest absolute Gasteiger partial charge is 0.119 e. The van der Waals surface area contributed by atoms with Crippen molar-refractivity contribution in [1.29, 1.82) is 0 Å². The summed E-state index contributed by atoms with van der Waals surface area (Å²) < 4.78 is 11.0. The number of hydrogen-bond acceptors (Lipinski definition) is 5. The van der Waals surface area contributed by atoms with E-state index in [4.69, 9.17) is 21.1 Å². The Labute approximate surface area is 183 Å². The van der Waals surface area contributed by atoms with E-state index >= 15 is 0 Å². The molecule has 0 aromatic heterocycles. The molecule has 1 fully saturated rings. The first-order valence-electron chi connectivity index (χ1n) is 9.21. The van der Waals surface area contributed by atoms with E-state index < -0.39 is 24.4 Å². The van der Waals surface area contributed by atoms with Crippen molar-refractivity contribution in [2.75, 3.05) is 13.2 Å². The molecule has 1 heterocycles. The lowest BCUT2D eigenvalue weighted by molar-refractivity contribution is -0.172. The largest absolute Gasteiger partial charge is 0.494 e. The van der Waals surface area contributed by atoms with Gasteiger partial charge in [0.2, 0.25) is 0 Å². The molecular weight excluding hydrogens is 495 g/mol. The van der Waals surface area contributed by atoms with Crippen molar-refractivity contribution in [3.63, 3.8) is 0 Å². The van der Waals surface area contributed by atoms with Gasteiger partial charge in [-0.2, -0.15) is 0 Å². The van der Waals surface area contributed by atoms with Gasteiger partial charge in [-0.3, -0.25) is 0 Å². The van der Waals surface area contributed by atoms with E-state index in [2.05, 4.69) is 0 Å². The zero-order valence-corrected chi connectivity index (χ0v) is 18.4. The van der Waals surface area contributed by atoms with E-state index in [1.165, 1.54) is 0 Å². The molecule has 5 nitrogen and oxygen atoms in total. The summed E-state index contributed by atoms with van der Waals surface area (Å²) in [4.78, 5) is 0. The Morgan fingerprint density at radius 2 is 1.82 bits per heavy atom. The fraction of sp³-hybridized carbons (Fsp3) is 0.429. The molecule has 0 saturated carbocycles. The summed E-state index contributed by atoms with van der Waals surface area (Å²) in [6, 6.07) is 13.3. The van der Waals surface area contributed by atoms with Crippen LogP contribution < -0.4 is 4.74 Å². The highest BCUT2D eigenvalue weighted by molar-refractivity contribution is 14.1. The van der Waals surface area contributed by atoms with Crippen LogP contribution in [0.25, 0.3) is 0 Å². The molecule has 1 saturated heterocycles. The Morgan fingerprint density at radius 3 is 2.46 bits per heavy atom. The van der Waals surface area contributed by atoms with Crippen LogP contribution in [-0.2, 0) is 11.2 Å². The first kappa shape index (κ1) is 21.8. The van der Waals surface area contributed by atoms with Gasteiger partial charge in [-0.1, -0.05) is 58.5 Å². The summed E-state index contributed by atoms with van der Waals surface area (Å²) >= 11 is 8.39. The van der Waals surface area contributed by atoms with Gasteiger partial charge in [-0.25, -0.2) is 0 Å². The second-order valence-electron chi connectivity index (χ2n) is 6.81. The molecule has 1 aliphatic heterocycles. The van der Waals surface area contributed by atoms with Crippen LogP contribution in [-0.4, -0.2) is 50.8 Å². The van der Waals surface area contributed by atoms with Gasteiger partial charge in [-0.15, -0.1) is 0 Å². The average molecular weight is 519 g/mol. The van der Waals surface area contributed by atoms with Crippen molar-refractivity contribution in [3.05, 3.63) is 64.2 Å². The predicted molar refractivity (Wildman–Crippen MR) is 116 cm³/mol. The fourth-order valence-corrected chi connectivity index (χ4v) is 4.35. The third kappa shape index (κ3) is 4.80. The lowest BCUT2D eigenvalue weighted by Gasteiger charge is -2.40. The minimum Gasteiger partial charge on any atom is -0.494 e. The molecule has 3 N–H and O–H groups in total. The summed E-state index contributed by atoms with van der Waals surface area (Å²) in [5.41, 5.74) is 2.69. The first-order valence-corrected chi connectivity index (χ1v) is 10.8. The number of hydrogen-bond donors (Lipinski definition) is 3. The molecule has 152 valence electrons. The maximum Gasteiger partial charge on any atom is 0.119 e. The van der Waals surface area contributed by atoms with Gasteiger partial charge in [0, 0.05) is 5.02 Å². The monoisotopic (exact) mass is 518 g/mol. The van der Waals surface area contributed by atoms with Gasteiger partial charge in [0.1, 0.15) is 18.0 Å². The lowest BCUT2D eigenvalue weighted by Crippen LogP contribution is -2.52. The first-order chi connectivity index (χ1) is 13.4. The summed E-state index contributed by atoms with van der Waals surface area (Å²) in [6.07, 6.45) is -2.72. The third-order valence-corrected chi connectivity index (χ3v) is 6.78. The number of rotatable bonds is 6. The Morgan fingerprint density at radius 1 is 1.11 bits per heavy atom. The van der Waals surface area contributed by atoms with Crippen LogP contribution in [0.3, 0.4) is 0 Å². The van der Waals surface area contributed by atoms with Crippen LogP contribution in [0, 0.1) is 0 Å². The van der Waals surface area contributed by atoms with Gasteiger partial charge in [0.15, 0.2) is 0 Å². The number of alkyl halides is 1. The molecule has 1 aliphatic rings. The molecule has 2 aromatic carbocycles. The van der Waals surface area contributed by atoms with Crippen molar-refractivity contribution >= 4 is 34.2 Å². The molecule has 0 bridgehead atoms. The van der Waals surface area contributed by atoms with Crippen molar-refractivity contribution in [3.8, 4) is 5.75 Å². The molecule has 0 radical (unpaired) electrons. The van der Waals surface area contributed by atoms with Crippen LogP contribution in [0.2, 0.25) is 5.02 Å². The van der Waals surface area contributed by atoms with E-state index in [1.54, 1.807) is 12.1 Å². The van der Waals surface area contributed by atoms with E-state index in [0.717, 1.165) is 22.4 Å². The highest BCUT2D eigenvalue weighted by Crippen LogP contribution is 2.36. The van der Waals surface area contributed by atoms with Crippen molar-refractivity contribution in [2.45, 2.75) is 41.7 Å². The van der Waals surface area contributed by atoms with Gasteiger partial charge in [-0.05, 0) is 48.2 Å². The summed E-state index contributed by atoms with van der Waals surface area (Å²) in [5.74, 6) is 0.821. The van der Waals surface area contributed by atoms with Crippen LogP contribution in [0.4, 0.5) is 0 Å². The maximum absolute atomic E-state index is 10.5. The zero-order valence-electron chi connectivity index (χ0n) is 15.5. The van der Waals surface area contributed by atoms with E-state index in [9.17, 15) is 15.3 Å². The quantitative estimate of drug-likeness (QED) is 0.404. The lowest BCUT2D eigenvalue weighted by atomic mass is 9.91. The van der Waals surface area contributed by atoms with Crippen molar-refractivity contribution in [2.24, 2.45) is 0 Å². The number of halogens is 2. The van der Waals surface area contributed by atoms with Crippen molar-refractivity contribution < 1.29 is 24.8 Å². The third-order valence-electron chi connectivity index (χ3n) is 4.87. The molecule has 0 aliphatic carbocycles. The molecule has 28 heavy (non-hydrogen) atoms. The Bertz CT molecular complexity index is 783. The molecular formula is C21H24ClIO5. The van der Waals surface area contributed by atoms with Gasteiger partial charge in [0.05, 0.1) is 29.3 Å². The molecule has 0 spiro atoms. The second kappa shape index (κ2) is 9.73. The highest BCUT2D eigenvalue weighted by atomic mass is 127. The summed E-state index contributed by atoms with van der Waals surface area (Å²) in [6.45, 7) is 2.34. The van der Waals surface area contributed by atoms with Gasteiger partial charge >= 0.3 is 0 Å². The van der Waals surface area contributed by atoms with Crippen molar-refractivity contribution in [1.82, 2.24) is 0 Å². The summed E-state index contributed by atoms with van der Waals surface area (Å²) in [7, 11) is 0. The Kier molecular flexibility index (Phi) is 7.58. The molecule has 5 atom stereocenters. The van der Waals surface area contributed by atoms with E-state index in [-0.39, 0.29) is 10.5 Å². The Balaban J connectivity index is 1.82. The average Bonchev–Trinajstić information content (AvgIpc) is 2.70. The van der Waals surface area contributed by atoms with Crippen LogP contribution in [0.5, 0.6) is 5.75 Å². The predicted octanol–water partition coefficient (Wildman–Crippen LogP) is 3.29. The van der Waals surface area contributed by atoms with E-state index in [1.807, 2.05) is 59.8 Å². The molecule has 2 aromatic rings. The normalized spacial score (nSPS) is 27.6. The SMILES string of the molecule is CCOc1ccc(Cc2cc([C@@H]3O[C@H](CO)[C@@H](I)[C@H](O)[C@H]3O)ccc2Cl)cc1. The number of aliphatic hydroxyl groups is 3. The molecule has 0 amide bonds. The minimum absolute atomic E-state index is 0.222. The fourth-order valence-electron chi connectivity index (χ4n) is 3.35. The number of ether oxygens (including phenoxy) is 2. The molecule has 0 unspecified atom stereocenters. The number of aliphatic hydroxyl groups excluding tert-OH is 3. The van der Waals surface area contributed by atoms with Gasteiger partial charge in [0.25, 0.3) is 0 Å². The highest BCUT2D eigenvalue weighted by Gasteiger charge is 2.43. The topological polar surface area (TPSA) is 79.2 Å². The molecule has 3 rings (SSSR count). The Hall–Kier alpha value is -0.900.